The quantitative estimate of drug-likeness (QED) is 0.847. The summed E-state index contributed by atoms with van der Waals surface area (Å²) >= 11 is 0. The molecule has 3 rings (SSSR count). The number of aryl methyl sites for hydroxylation is 1. The molecule has 1 aliphatic heterocycles. The van der Waals surface area contributed by atoms with Crippen LogP contribution in [0.15, 0.2) is 48.5 Å². The first kappa shape index (κ1) is 18.1. The van der Waals surface area contributed by atoms with Crippen molar-refractivity contribution in [3.8, 4) is 0 Å². The monoisotopic (exact) mass is 354 g/mol. The Kier molecular flexibility index (Phi) is 5.66. The average Bonchev–Trinajstić information content (AvgIpc) is 2.64. The summed E-state index contributed by atoms with van der Waals surface area (Å²) < 4.78 is 13.2. The summed E-state index contributed by atoms with van der Waals surface area (Å²) in [6, 6.07) is 14.0. The molecule has 1 heterocycles. The largest absolute Gasteiger partial charge is 0.339 e. The van der Waals surface area contributed by atoms with E-state index < -0.39 is 0 Å². The van der Waals surface area contributed by atoms with Crippen LogP contribution in [0.1, 0.15) is 16.7 Å². The lowest BCUT2D eigenvalue weighted by Gasteiger charge is -2.35. The predicted molar refractivity (Wildman–Crippen MR) is 98.1 cm³/mol. The van der Waals surface area contributed by atoms with Crippen LogP contribution in [0.25, 0.3) is 0 Å². The van der Waals surface area contributed by atoms with Crippen molar-refractivity contribution in [3.63, 3.8) is 0 Å². The Morgan fingerprint density at radius 1 is 0.885 bits per heavy atom. The summed E-state index contributed by atoms with van der Waals surface area (Å²) in [5, 5.41) is 0. The van der Waals surface area contributed by atoms with Gasteiger partial charge in [0.2, 0.25) is 11.8 Å². The minimum Gasteiger partial charge on any atom is -0.339 e. The lowest BCUT2D eigenvalue weighted by molar-refractivity contribution is -0.138. The standard InChI is InChI=1S/C21H23FN2O2/c1-16-5-2-3-7-18(16)15-21(26)24-11-9-23(10-12-24)20(25)14-17-6-4-8-19(22)13-17/h2-8,13H,9-12,14-15H2,1H3. The van der Waals surface area contributed by atoms with Crippen LogP contribution in [0, 0.1) is 12.7 Å². The molecule has 1 fully saturated rings. The molecule has 2 aromatic rings. The third-order valence-electron chi connectivity index (χ3n) is 4.83. The number of benzene rings is 2. The van der Waals surface area contributed by atoms with Crippen LogP contribution in [0.4, 0.5) is 4.39 Å². The molecule has 0 N–H and O–H groups in total. The van der Waals surface area contributed by atoms with E-state index in [0.29, 0.717) is 38.2 Å². The molecular formula is C21H23FN2O2. The van der Waals surface area contributed by atoms with Gasteiger partial charge in [0.05, 0.1) is 12.8 Å². The number of carbonyl (C=O) groups is 2. The Balaban J connectivity index is 1.51. The molecule has 5 heteroatoms. The van der Waals surface area contributed by atoms with Crippen LogP contribution >= 0.6 is 0 Å². The molecule has 0 bridgehead atoms. The first-order valence-corrected chi connectivity index (χ1v) is 8.87. The summed E-state index contributed by atoms with van der Waals surface area (Å²) in [7, 11) is 0. The van der Waals surface area contributed by atoms with Crippen LogP contribution in [0.5, 0.6) is 0 Å². The third kappa shape index (κ3) is 4.48. The molecule has 0 unspecified atom stereocenters. The summed E-state index contributed by atoms with van der Waals surface area (Å²) in [4.78, 5) is 28.5. The SMILES string of the molecule is Cc1ccccc1CC(=O)N1CCN(C(=O)Cc2cccc(F)c2)CC1. The second-order valence-electron chi connectivity index (χ2n) is 6.67. The highest BCUT2D eigenvalue weighted by Gasteiger charge is 2.24. The first-order valence-electron chi connectivity index (χ1n) is 8.87. The molecule has 2 aromatic carbocycles. The van der Waals surface area contributed by atoms with Crippen LogP contribution in [0.2, 0.25) is 0 Å². The Labute approximate surface area is 153 Å². The fraction of sp³-hybridized carbons (Fsp3) is 0.333. The highest BCUT2D eigenvalue weighted by Crippen LogP contribution is 2.12. The van der Waals surface area contributed by atoms with Crippen LogP contribution in [-0.4, -0.2) is 47.8 Å². The van der Waals surface area contributed by atoms with E-state index in [9.17, 15) is 14.0 Å². The van der Waals surface area contributed by atoms with Crippen molar-refractivity contribution < 1.29 is 14.0 Å². The summed E-state index contributed by atoms with van der Waals surface area (Å²) in [6.45, 7) is 4.13. The zero-order chi connectivity index (χ0) is 18.5. The van der Waals surface area contributed by atoms with Crippen LogP contribution < -0.4 is 0 Å². The molecule has 0 radical (unpaired) electrons. The van der Waals surface area contributed by atoms with E-state index in [1.54, 1.807) is 17.0 Å². The summed E-state index contributed by atoms with van der Waals surface area (Å²) in [5.74, 6) is -0.264. The maximum atomic E-state index is 13.2. The van der Waals surface area contributed by atoms with Gasteiger partial charge in [0.15, 0.2) is 0 Å². The van der Waals surface area contributed by atoms with E-state index in [2.05, 4.69) is 0 Å². The lowest BCUT2D eigenvalue weighted by Crippen LogP contribution is -2.51. The molecule has 1 saturated heterocycles. The van der Waals surface area contributed by atoms with E-state index in [0.717, 1.165) is 11.1 Å². The van der Waals surface area contributed by atoms with Gasteiger partial charge in [0.1, 0.15) is 5.82 Å². The molecule has 0 aliphatic carbocycles. The minimum atomic E-state index is -0.332. The number of nitrogens with zero attached hydrogens (tertiary/aromatic N) is 2. The van der Waals surface area contributed by atoms with Gasteiger partial charge in [-0.3, -0.25) is 9.59 Å². The summed E-state index contributed by atoms with van der Waals surface area (Å²) in [6.07, 6.45) is 0.582. The van der Waals surface area contributed by atoms with Gasteiger partial charge in [-0.1, -0.05) is 36.4 Å². The molecule has 4 nitrogen and oxygen atoms in total. The van der Waals surface area contributed by atoms with Gasteiger partial charge in [-0.05, 0) is 35.7 Å². The number of hydrogen-bond donors (Lipinski definition) is 0. The van der Waals surface area contributed by atoms with E-state index in [-0.39, 0.29) is 24.1 Å². The molecule has 26 heavy (non-hydrogen) atoms. The maximum absolute atomic E-state index is 13.2. The average molecular weight is 354 g/mol. The fourth-order valence-electron chi connectivity index (χ4n) is 3.22. The zero-order valence-corrected chi connectivity index (χ0v) is 15.0. The van der Waals surface area contributed by atoms with Crippen molar-refractivity contribution >= 4 is 11.8 Å². The van der Waals surface area contributed by atoms with Gasteiger partial charge < -0.3 is 9.80 Å². The topological polar surface area (TPSA) is 40.6 Å². The highest BCUT2D eigenvalue weighted by atomic mass is 19.1. The predicted octanol–water partition coefficient (Wildman–Crippen LogP) is 2.59. The Morgan fingerprint density at radius 3 is 2.12 bits per heavy atom. The van der Waals surface area contributed by atoms with Gasteiger partial charge in [-0.2, -0.15) is 0 Å². The third-order valence-corrected chi connectivity index (χ3v) is 4.83. The highest BCUT2D eigenvalue weighted by molar-refractivity contribution is 5.81. The van der Waals surface area contributed by atoms with E-state index in [1.165, 1.54) is 12.1 Å². The van der Waals surface area contributed by atoms with E-state index in [1.807, 2.05) is 36.1 Å². The van der Waals surface area contributed by atoms with E-state index >= 15 is 0 Å². The molecule has 2 amide bonds. The van der Waals surface area contributed by atoms with Crippen molar-refractivity contribution in [2.45, 2.75) is 19.8 Å². The first-order chi connectivity index (χ1) is 12.5. The van der Waals surface area contributed by atoms with Gasteiger partial charge >= 0.3 is 0 Å². The second-order valence-corrected chi connectivity index (χ2v) is 6.67. The number of amides is 2. The van der Waals surface area contributed by atoms with Gasteiger partial charge in [0.25, 0.3) is 0 Å². The van der Waals surface area contributed by atoms with Gasteiger partial charge in [-0.15, -0.1) is 0 Å². The number of halogens is 1. The maximum Gasteiger partial charge on any atom is 0.227 e. The Morgan fingerprint density at radius 2 is 1.50 bits per heavy atom. The normalized spacial score (nSPS) is 14.4. The van der Waals surface area contributed by atoms with Crippen molar-refractivity contribution in [2.75, 3.05) is 26.2 Å². The second kappa shape index (κ2) is 8.13. The number of piperazine rings is 1. The molecule has 1 aliphatic rings. The molecule has 0 aromatic heterocycles. The van der Waals surface area contributed by atoms with Gasteiger partial charge in [-0.25, -0.2) is 4.39 Å². The molecule has 136 valence electrons. The van der Waals surface area contributed by atoms with Crippen LogP contribution in [-0.2, 0) is 22.4 Å². The van der Waals surface area contributed by atoms with Gasteiger partial charge in [0, 0.05) is 26.2 Å². The molecule has 0 saturated carbocycles. The van der Waals surface area contributed by atoms with Crippen molar-refractivity contribution in [1.82, 2.24) is 9.80 Å². The zero-order valence-electron chi connectivity index (χ0n) is 15.0. The van der Waals surface area contributed by atoms with Crippen molar-refractivity contribution in [1.29, 1.82) is 0 Å². The fourth-order valence-corrected chi connectivity index (χ4v) is 3.22. The lowest BCUT2D eigenvalue weighted by atomic mass is 10.1. The number of hydrogen-bond acceptors (Lipinski definition) is 2. The smallest absolute Gasteiger partial charge is 0.227 e. The summed E-state index contributed by atoms with van der Waals surface area (Å²) in [5.41, 5.74) is 2.83. The van der Waals surface area contributed by atoms with Crippen LogP contribution in [0.3, 0.4) is 0 Å². The number of carbonyl (C=O) groups excluding carboxylic acids is 2. The Hall–Kier alpha value is -2.69. The molecule has 0 spiro atoms. The van der Waals surface area contributed by atoms with E-state index in [4.69, 9.17) is 0 Å². The van der Waals surface area contributed by atoms with Crippen molar-refractivity contribution in [3.05, 3.63) is 71.0 Å². The van der Waals surface area contributed by atoms with Crippen molar-refractivity contribution in [2.24, 2.45) is 0 Å². The molecule has 0 atom stereocenters. The minimum absolute atomic E-state index is 0.0263. The molecular weight excluding hydrogens is 331 g/mol. The Bertz CT molecular complexity index is 798. The number of rotatable bonds is 4.